The van der Waals surface area contributed by atoms with Gasteiger partial charge in [0.25, 0.3) is 21.6 Å². The van der Waals surface area contributed by atoms with Crippen molar-refractivity contribution in [1.29, 1.82) is 0 Å². The van der Waals surface area contributed by atoms with Gasteiger partial charge >= 0.3 is 11.9 Å². The van der Waals surface area contributed by atoms with Crippen molar-refractivity contribution in [3.63, 3.8) is 0 Å². The molecule has 1 aromatic heterocycles. The lowest BCUT2D eigenvalue weighted by Gasteiger charge is -2.33. The minimum atomic E-state index is -3.56. The molecule has 6 heterocycles. The minimum Gasteiger partial charge on any atom is -0.507 e. The summed E-state index contributed by atoms with van der Waals surface area (Å²) in [5.74, 6) is -0.0950. The highest BCUT2D eigenvalue weighted by Crippen LogP contribution is 2.44. The second kappa shape index (κ2) is 35.5. The van der Waals surface area contributed by atoms with Crippen LogP contribution in [0.4, 0.5) is 5.69 Å². The summed E-state index contributed by atoms with van der Waals surface area (Å²) in [6.45, 7) is 14.8. The van der Waals surface area contributed by atoms with E-state index in [9.17, 15) is 32.7 Å². The molecular formula is C71H70Cl6IN5O11S. The molecule has 7 aromatic carbocycles. The summed E-state index contributed by atoms with van der Waals surface area (Å²) in [7, 11) is -3.56. The number of anilines is 1. The van der Waals surface area contributed by atoms with Crippen molar-refractivity contribution in [3.05, 3.63) is 224 Å². The van der Waals surface area contributed by atoms with Gasteiger partial charge in [-0.25, -0.2) is 9.59 Å². The lowest BCUT2D eigenvalue weighted by atomic mass is 10.00. The minimum absolute atomic E-state index is 0.0172. The van der Waals surface area contributed by atoms with Crippen LogP contribution < -0.4 is 15.2 Å². The van der Waals surface area contributed by atoms with Crippen LogP contribution in [0.2, 0.25) is 30.1 Å². The predicted molar refractivity (Wildman–Crippen MR) is 387 cm³/mol. The third kappa shape index (κ3) is 19.1. The Balaban J connectivity index is 0.000000147. The molecule has 0 saturated carbocycles. The molecule has 1 atom stereocenters. The Bertz CT molecular complexity index is 4290. The molecule has 0 radical (unpaired) electrons. The van der Waals surface area contributed by atoms with Gasteiger partial charge in [-0.2, -0.15) is 13.4 Å². The molecule has 13 rings (SSSR count). The van der Waals surface area contributed by atoms with E-state index in [4.69, 9.17) is 88.6 Å². The van der Waals surface area contributed by atoms with Crippen LogP contribution in [0.1, 0.15) is 109 Å². The van der Waals surface area contributed by atoms with Gasteiger partial charge in [-0.05, 0) is 152 Å². The molecule has 16 nitrogen and oxygen atoms in total. The number of carbonyl (C=O) groups excluding carboxylic acids is 3. The van der Waals surface area contributed by atoms with Crippen LogP contribution in [0.25, 0.3) is 22.0 Å². The van der Waals surface area contributed by atoms with Crippen molar-refractivity contribution in [2.45, 2.75) is 103 Å². The van der Waals surface area contributed by atoms with E-state index in [0.717, 1.165) is 66.4 Å². The third-order valence-electron chi connectivity index (χ3n) is 15.5. The van der Waals surface area contributed by atoms with Crippen LogP contribution in [-0.4, -0.2) is 97.2 Å². The number of sulfonamides is 1. The Kier molecular flexibility index (Phi) is 27.7. The highest BCUT2D eigenvalue weighted by molar-refractivity contribution is 14.1. The molecular weight excluding hydrogens is 1470 g/mol. The summed E-state index contributed by atoms with van der Waals surface area (Å²) in [5, 5.41) is 11.6. The summed E-state index contributed by atoms with van der Waals surface area (Å²) in [4.78, 5) is 56.3. The van der Waals surface area contributed by atoms with Crippen LogP contribution in [0.5, 0.6) is 11.8 Å². The first-order chi connectivity index (χ1) is 45.7. The van der Waals surface area contributed by atoms with E-state index < -0.39 is 16.0 Å². The van der Waals surface area contributed by atoms with Gasteiger partial charge in [0.15, 0.2) is 0 Å². The number of aryl methyl sites for hydroxylation is 1. The number of phenols is 1. The maximum Gasteiger partial charge on any atom is 0.340 e. The summed E-state index contributed by atoms with van der Waals surface area (Å²) < 4.78 is 50.1. The van der Waals surface area contributed by atoms with Crippen LogP contribution in [-0.2, 0) is 55.0 Å². The summed E-state index contributed by atoms with van der Waals surface area (Å²) >= 11 is 37.2. The number of carbonyl (C=O) groups is 3. The lowest BCUT2D eigenvalue weighted by Crippen LogP contribution is -2.38. The number of amides is 1. The van der Waals surface area contributed by atoms with Gasteiger partial charge < -0.3 is 33.9 Å². The van der Waals surface area contributed by atoms with Crippen LogP contribution in [0.3, 0.4) is 0 Å². The zero-order valence-electron chi connectivity index (χ0n) is 52.4. The SMILES string of the molecule is C=CCOC1=NS(=O)(=O)c2ccccc21.CC1CCCCN1CCCOC(=O)c1ccc(Cl)c(Cl)c1.CCCOc1nc2ccc(I)cc2c(=O)n1CCC.O=C1CCc2cccc3c2N1CC3.O=C1OCc2c(Cl)c(Cl)c(Cl)c(Cl)c21.Oc1ccccc1-c1ccccc1. The molecule has 95 heavy (non-hydrogen) atoms. The highest BCUT2D eigenvalue weighted by Gasteiger charge is 2.33. The fourth-order valence-electron chi connectivity index (χ4n) is 10.8. The predicted octanol–water partition coefficient (Wildman–Crippen LogP) is 17.5. The monoisotopic (exact) mass is 1540 g/mol. The first kappa shape index (κ1) is 74.1. The summed E-state index contributed by atoms with van der Waals surface area (Å²) in [5.41, 5.74) is 8.19. The standard InChI is InChI=1S/C16H21Cl2NO2.C14H17IN2O2.C12H10O.C11H11NO.C10H9NO3S.C8H2Cl4O2/c1-12-5-2-3-8-19(12)9-4-10-21-16(20)13-6-7-14(17)15(18)11-13;1-3-7-17-13(18)11-9-10(15)5-6-12(11)16-14(17)19-8-4-2;13-12-9-5-4-8-11(12)10-6-2-1-3-7-10;13-10-5-4-8-2-1-3-9-6-7-12(10)11(8)9;1-2-7-14-10-8-5-3-4-6-9(8)15(12,13)11-10;9-4-2-1-14-8(13)3(2)5(10)7(12)6(4)11/h6-7,11-12H,2-5,8-10H2,1H3;5-6,9H,3-4,7-8H2,1-2H3;1-9,13H;1-3H,4-7H2;2-6H,1,7H2;1H2. The van der Waals surface area contributed by atoms with E-state index in [1.54, 1.807) is 47.0 Å². The Hall–Kier alpha value is -6.72. The molecule has 0 aliphatic carbocycles. The number of phenolic OH excluding ortho intramolecular Hbond substituents is 1. The van der Waals surface area contributed by atoms with Gasteiger partial charge in [0.2, 0.25) is 11.8 Å². The fourth-order valence-corrected chi connectivity index (χ4v) is 13.7. The number of hydrogen-bond donors (Lipinski definition) is 1. The normalized spacial score (nSPS) is 15.2. The number of piperidine rings is 1. The number of esters is 2. The second-order valence-electron chi connectivity index (χ2n) is 22.1. The molecule has 24 heteroatoms. The van der Waals surface area contributed by atoms with Crippen molar-refractivity contribution in [2.75, 3.05) is 44.4 Å². The second-order valence-corrected chi connectivity index (χ2v) is 27.3. The molecule has 1 saturated heterocycles. The molecule has 1 fully saturated rings. The van der Waals surface area contributed by atoms with Crippen LogP contribution in [0, 0.1) is 3.57 Å². The van der Waals surface area contributed by atoms with Gasteiger partial charge in [-0.15, -0.1) is 4.40 Å². The number of ether oxygens (including phenoxy) is 4. The molecule has 8 aromatic rings. The Morgan fingerprint density at radius 1 is 0.747 bits per heavy atom. The van der Waals surface area contributed by atoms with E-state index in [2.05, 4.69) is 68.6 Å². The first-order valence-corrected chi connectivity index (χ1v) is 35.6. The van der Waals surface area contributed by atoms with E-state index in [-0.39, 0.29) is 61.2 Å². The number of nitrogens with zero attached hydrogens (tertiary/aromatic N) is 5. The van der Waals surface area contributed by atoms with Crippen molar-refractivity contribution >= 4 is 143 Å². The number of aromatic hydroxyl groups is 1. The largest absolute Gasteiger partial charge is 0.507 e. The number of para-hydroxylation sites is 2. The lowest BCUT2D eigenvalue weighted by molar-refractivity contribution is -0.118. The van der Waals surface area contributed by atoms with E-state index >= 15 is 0 Å². The van der Waals surface area contributed by atoms with E-state index in [1.807, 2.05) is 85.5 Å². The number of likely N-dealkylation sites (tertiary alicyclic amines) is 1. The average molecular weight is 1540 g/mol. The number of aromatic nitrogens is 2. The number of benzene rings is 7. The van der Waals surface area contributed by atoms with Crippen LogP contribution >= 0.6 is 92.2 Å². The van der Waals surface area contributed by atoms with Gasteiger partial charge in [0, 0.05) is 46.8 Å². The van der Waals surface area contributed by atoms with Gasteiger partial charge in [0.05, 0.1) is 76.6 Å². The Labute approximate surface area is 596 Å². The molecule has 0 bridgehead atoms. The number of rotatable bonds is 13. The molecule has 5 aliphatic heterocycles. The van der Waals surface area contributed by atoms with Gasteiger partial charge in [-0.1, -0.05) is 181 Å². The van der Waals surface area contributed by atoms with Gasteiger partial charge in [-0.3, -0.25) is 14.2 Å². The number of fused-ring (bicyclic) bond motifs is 3. The molecule has 0 spiro atoms. The molecule has 1 amide bonds. The number of hydrogen-bond acceptors (Lipinski definition) is 13. The zero-order chi connectivity index (χ0) is 68.3. The number of halogens is 7. The third-order valence-corrected chi connectivity index (χ3v) is 20.1. The topological polar surface area (TPSA) is 196 Å². The van der Waals surface area contributed by atoms with Crippen molar-refractivity contribution in [1.82, 2.24) is 14.5 Å². The van der Waals surface area contributed by atoms with Crippen molar-refractivity contribution < 1.29 is 46.9 Å². The van der Waals surface area contributed by atoms with E-state index in [1.165, 1.54) is 48.2 Å². The average Bonchev–Trinajstić information content (AvgIpc) is 1.80. The van der Waals surface area contributed by atoms with E-state index in [0.29, 0.717) is 87.5 Å². The zero-order valence-corrected chi connectivity index (χ0v) is 59.9. The van der Waals surface area contributed by atoms with Crippen molar-refractivity contribution in [3.8, 4) is 22.9 Å². The highest BCUT2D eigenvalue weighted by atomic mass is 127. The summed E-state index contributed by atoms with van der Waals surface area (Å²) in [6.07, 6.45) is 10.7. The summed E-state index contributed by atoms with van der Waals surface area (Å²) in [6, 6.07) is 41.7. The number of cyclic esters (lactones) is 1. The van der Waals surface area contributed by atoms with Crippen LogP contribution in [0.15, 0.2) is 160 Å². The Morgan fingerprint density at radius 2 is 1.45 bits per heavy atom. The maximum atomic E-state index is 12.5. The quantitative estimate of drug-likeness (QED) is 0.0286. The molecule has 500 valence electrons. The molecule has 5 aliphatic rings. The maximum absolute atomic E-state index is 12.5. The van der Waals surface area contributed by atoms with Gasteiger partial charge in [0.1, 0.15) is 23.9 Å². The first-order valence-electron chi connectivity index (χ1n) is 30.8. The molecule has 1 N–H and O–H groups in total. The smallest absolute Gasteiger partial charge is 0.340 e. The Morgan fingerprint density at radius 3 is 2.16 bits per heavy atom. The molecule has 1 unspecified atom stereocenters. The fraction of sp³-hybridized carbons (Fsp3) is 0.296. The van der Waals surface area contributed by atoms with Crippen molar-refractivity contribution in [2.24, 2.45) is 4.40 Å².